The van der Waals surface area contributed by atoms with E-state index in [2.05, 4.69) is 4.98 Å². The smallest absolute Gasteiger partial charge is 0.275 e. The first-order valence-electron chi connectivity index (χ1n) is 10.6. The third kappa shape index (κ3) is 2.55. The van der Waals surface area contributed by atoms with E-state index in [1.165, 1.54) is 0 Å². The second-order valence-electron chi connectivity index (χ2n) is 8.76. The van der Waals surface area contributed by atoms with Gasteiger partial charge < -0.3 is 14.7 Å². The largest absolute Gasteiger partial charge is 0.396 e. The van der Waals surface area contributed by atoms with Crippen LogP contribution in [0.3, 0.4) is 0 Å². The number of aliphatic hydroxyl groups is 1. The van der Waals surface area contributed by atoms with E-state index in [9.17, 15) is 9.90 Å². The molecule has 0 unspecified atom stereocenters. The van der Waals surface area contributed by atoms with Crippen LogP contribution in [0.2, 0.25) is 0 Å². The van der Waals surface area contributed by atoms with Crippen LogP contribution in [0.25, 0.3) is 11.0 Å². The first-order chi connectivity index (χ1) is 14.7. The topological polar surface area (TPSA) is 80.5 Å². The predicted octanol–water partition coefficient (Wildman–Crippen LogP) is 2.09. The monoisotopic (exact) mass is 404 g/mol. The summed E-state index contributed by atoms with van der Waals surface area (Å²) in [7, 11) is 0. The highest BCUT2D eigenvalue weighted by Crippen LogP contribution is 2.54. The van der Waals surface area contributed by atoms with Crippen molar-refractivity contribution in [2.75, 3.05) is 19.7 Å². The number of pyridine rings is 1. The lowest BCUT2D eigenvalue weighted by Crippen LogP contribution is -2.38. The quantitative estimate of drug-likeness (QED) is 0.720. The molecule has 2 bridgehead atoms. The zero-order chi connectivity index (χ0) is 20.3. The highest BCUT2D eigenvalue weighted by molar-refractivity contribution is 6.04. The van der Waals surface area contributed by atoms with Gasteiger partial charge in [-0.1, -0.05) is 30.3 Å². The number of aromatic nitrogens is 3. The number of benzene rings is 1. The van der Waals surface area contributed by atoms with Crippen molar-refractivity contribution in [2.24, 2.45) is 11.8 Å². The number of hydrogen-bond acceptors (Lipinski definition) is 5. The molecule has 1 spiro atoms. The van der Waals surface area contributed by atoms with Crippen molar-refractivity contribution in [3.05, 3.63) is 59.9 Å². The summed E-state index contributed by atoms with van der Waals surface area (Å²) in [5.74, 6) is 0.263. The van der Waals surface area contributed by atoms with E-state index in [0.717, 1.165) is 23.8 Å². The molecular weight excluding hydrogens is 380 g/mol. The fraction of sp³-hybridized carbons (Fsp3) is 0.435. The first-order valence-corrected chi connectivity index (χ1v) is 10.6. The van der Waals surface area contributed by atoms with Gasteiger partial charge in [0.05, 0.1) is 30.2 Å². The Bertz CT molecular complexity index is 1110. The Labute approximate surface area is 174 Å². The number of carbonyl (C=O) groups excluding carboxylic acids is 1. The zero-order valence-electron chi connectivity index (χ0n) is 16.6. The van der Waals surface area contributed by atoms with Crippen LogP contribution < -0.4 is 0 Å². The van der Waals surface area contributed by atoms with Gasteiger partial charge in [-0.3, -0.25) is 4.79 Å². The molecule has 3 fully saturated rings. The maximum absolute atomic E-state index is 13.5. The van der Waals surface area contributed by atoms with E-state index in [4.69, 9.17) is 9.84 Å². The highest BCUT2D eigenvalue weighted by Gasteiger charge is 2.63. The lowest BCUT2D eigenvalue weighted by molar-refractivity contribution is 0.00149. The Hall–Kier alpha value is -2.77. The van der Waals surface area contributed by atoms with Crippen molar-refractivity contribution in [2.45, 2.75) is 31.1 Å². The normalized spacial score (nSPS) is 29.6. The number of amides is 1. The second kappa shape index (κ2) is 6.62. The molecule has 2 aromatic heterocycles. The molecule has 4 atom stereocenters. The van der Waals surface area contributed by atoms with Crippen LogP contribution >= 0.6 is 0 Å². The lowest BCUT2D eigenvalue weighted by Gasteiger charge is -2.27. The number of likely N-dealkylation sites (tertiary alicyclic amines) is 1. The maximum Gasteiger partial charge on any atom is 0.275 e. The lowest BCUT2D eigenvalue weighted by atomic mass is 9.74. The van der Waals surface area contributed by atoms with Gasteiger partial charge in [-0.2, -0.15) is 5.10 Å². The summed E-state index contributed by atoms with van der Waals surface area (Å²) < 4.78 is 8.09. The summed E-state index contributed by atoms with van der Waals surface area (Å²) in [6.07, 6.45) is 3.82. The Kier molecular flexibility index (Phi) is 3.98. The second-order valence-corrected chi connectivity index (χ2v) is 8.76. The predicted molar refractivity (Wildman–Crippen MR) is 110 cm³/mol. The summed E-state index contributed by atoms with van der Waals surface area (Å²) in [4.78, 5) is 19.9. The molecule has 7 nitrogen and oxygen atoms in total. The van der Waals surface area contributed by atoms with E-state index in [-0.39, 0.29) is 36.1 Å². The van der Waals surface area contributed by atoms with Crippen LogP contribution in [0, 0.1) is 11.8 Å². The molecule has 7 heteroatoms. The van der Waals surface area contributed by atoms with Crippen LogP contribution in [0.1, 0.15) is 28.9 Å². The fourth-order valence-corrected chi connectivity index (χ4v) is 5.77. The highest BCUT2D eigenvalue weighted by atomic mass is 16.5. The number of aliphatic hydroxyl groups excluding tert-OH is 1. The van der Waals surface area contributed by atoms with Crippen molar-refractivity contribution >= 4 is 16.9 Å². The fourth-order valence-electron chi connectivity index (χ4n) is 5.77. The number of ether oxygens (including phenoxy) is 1. The van der Waals surface area contributed by atoms with Gasteiger partial charge in [0.1, 0.15) is 0 Å². The molecule has 1 aromatic carbocycles. The molecule has 0 aliphatic carbocycles. The van der Waals surface area contributed by atoms with E-state index >= 15 is 0 Å². The van der Waals surface area contributed by atoms with E-state index in [1.54, 1.807) is 6.20 Å². The van der Waals surface area contributed by atoms with Gasteiger partial charge in [0.15, 0.2) is 11.3 Å². The minimum Gasteiger partial charge on any atom is -0.396 e. The third-order valence-corrected chi connectivity index (χ3v) is 7.17. The Morgan fingerprint density at radius 3 is 2.93 bits per heavy atom. The van der Waals surface area contributed by atoms with Gasteiger partial charge in [0.2, 0.25) is 0 Å². The van der Waals surface area contributed by atoms with Crippen LogP contribution in [-0.4, -0.2) is 62.1 Å². The summed E-state index contributed by atoms with van der Waals surface area (Å²) in [6.45, 7) is 1.88. The number of rotatable bonds is 4. The summed E-state index contributed by atoms with van der Waals surface area (Å²) in [6, 6.07) is 13.8. The minimum absolute atomic E-state index is 0.0765. The van der Waals surface area contributed by atoms with Crippen LogP contribution in [-0.2, 0) is 11.3 Å². The average molecular weight is 404 g/mol. The van der Waals surface area contributed by atoms with E-state index in [0.29, 0.717) is 31.0 Å². The Morgan fingerprint density at radius 1 is 1.23 bits per heavy atom. The van der Waals surface area contributed by atoms with Gasteiger partial charge in [-0.25, -0.2) is 9.67 Å². The molecule has 1 amide bonds. The maximum atomic E-state index is 13.5. The van der Waals surface area contributed by atoms with Crippen LogP contribution in [0.5, 0.6) is 0 Å². The van der Waals surface area contributed by atoms with Crippen molar-refractivity contribution in [3.63, 3.8) is 0 Å². The van der Waals surface area contributed by atoms with Crippen molar-refractivity contribution in [1.82, 2.24) is 19.7 Å². The number of hydrogen-bond donors (Lipinski definition) is 1. The molecule has 3 saturated heterocycles. The molecule has 3 aliphatic rings. The summed E-state index contributed by atoms with van der Waals surface area (Å²) in [5, 5.41) is 15.3. The molecular formula is C23H24N4O3. The summed E-state index contributed by atoms with van der Waals surface area (Å²) in [5.41, 5.74) is 1.99. The Balaban J connectivity index is 1.33. The standard InChI is InChI=1S/C23H24N4O3/c28-13-17-18-12-26(14-23(18)9-8-19(17)30-23)22(29)20-16-7-4-10-24-21(16)27(25-20)11-15-5-2-1-3-6-15/h1-7,10,17-19,28H,8-9,11-14H2/t17-,18+,19+,23+/m1/s1. The average Bonchev–Trinajstić information content (AvgIpc) is 3.52. The first kappa shape index (κ1) is 18.0. The van der Waals surface area contributed by atoms with Gasteiger partial charge in [-0.05, 0) is 30.5 Å². The molecule has 30 heavy (non-hydrogen) atoms. The molecule has 0 saturated carbocycles. The number of nitrogens with zero attached hydrogens (tertiary/aromatic N) is 4. The molecule has 3 aromatic rings. The van der Waals surface area contributed by atoms with Crippen LogP contribution in [0.15, 0.2) is 48.7 Å². The SMILES string of the molecule is O=C(c1nn(Cc2ccccc2)c2ncccc12)N1C[C@H]2[C@@H](CO)[C@@H]3CC[C@@]2(C1)O3. The van der Waals surface area contributed by atoms with Gasteiger partial charge in [-0.15, -0.1) is 0 Å². The van der Waals surface area contributed by atoms with Crippen molar-refractivity contribution in [3.8, 4) is 0 Å². The van der Waals surface area contributed by atoms with Gasteiger partial charge in [0.25, 0.3) is 5.91 Å². The van der Waals surface area contributed by atoms with E-state index < -0.39 is 0 Å². The number of carbonyl (C=O) groups is 1. The molecule has 6 rings (SSSR count). The molecule has 154 valence electrons. The molecule has 1 N–H and O–H groups in total. The van der Waals surface area contributed by atoms with Crippen molar-refractivity contribution < 1.29 is 14.6 Å². The molecule has 0 radical (unpaired) electrons. The third-order valence-electron chi connectivity index (χ3n) is 7.17. The van der Waals surface area contributed by atoms with Gasteiger partial charge >= 0.3 is 0 Å². The molecule has 3 aliphatic heterocycles. The van der Waals surface area contributed by atoms with Gasteiger partial charge in [0, 0.05) is 31.2 Å². The van der Waals surface area contributed by atoms with E-state index in [1.807, 2.05) is 52.0 Å². The molecule has 5 heterocycles. The summed E-state index contributed by atoms with van der Waals surface area (Å²) >= 11 is 0. The Morgan fingerprint density at radius 2 is 2.10 bits per heavy atom. The minimum atomic E-state index is -0.283. The number of fused-ring (bicyclic) bond motifs is 2. The van der Waals surface area contributed by atoms with Crippen LogP contribution in [0.4, 0.5) is 0 Å². The van der Waals surface area contributed by atoms with Crippen molar-refractivity contribution in [1.29, 1.82) is 0 Å². The zero-order valence-corrected chi connectivity index (χ0v) is 16.6.